The standard InChI is InChI=1S/C12H9F3N2O2S/c1-6-2-3-8(18)7(4-6)17-11(19)9-10(12(13,14)15)16-5-20-9/h2-5,18H,1H3,(H,17,19). The molecule has 0 aliphatic heterocycles. The molecule has 0 spiro atoms. The van der Waals surface area contributed by atoms with Crippen LogP contribution in [-0.2, 0) is 6.18 Å². The number of nitrogens with zero attached hydrogens (tertiary/aromatic N) is 1. The van der Waals surface area contributed by atoms with Gasteiger partial charge in [-0.05, 0) is 24.6 Å². The average molecular weight is 302 g/mol. The maximum Gasteiger partial charge on any atom is 0.434 e. The molecular weight excluding hydrogens is 293 g/mol. The number of phenolic OH excluding ortho intramolecular Hbond substituents is 1. The minimum absolute atomic E-state index is 0.0523. The van der Waals surface area contributed by atoms with E-state index < -0.39 is 22.7 Å². The van der Waals surface area contributed by atoms with Crippen molar-refractivity contribution >= 4 is 22.9 Å². The second-order valence-corrected chi connectivity index (χ2v) is 4.86. The Morgan fingerprint density at radius 1 is 1.40 bits per heavy atom. The summed E-state index contributed by atoms with van der Waals surface area (Å²) in [6.45, 7) is 1.73. The van der Waals surface area contributed by atoms with Gasteiger partial charge in [0.15, 0.2) is 5.69 Å². The number of aryl methyl sites for hydroxylation is 1. The molecule has 1 heterocycles. The molecule has 1 amide bonds. The third-order valence-corrected chi connectivity index (χ3v) is 3.27. The Balaban J connectivity index is 2.30. The predicted molar refractivity (Wildman–Crippen MR) is 67.9 cm³/mol. The number of thiazole rings is 1. The van der Waals surface area contributed by atoms with E-state index in [1.165, 1.54) is 12.1 Å². The SMILES string of the molecule is Cc1ccc(O)c(NC(=O)c2scnc2C(F)(F)F)c1. The minimum atomic E-state index is -4.69. The van der Waals surface area contributed by atoms with Crippen LogP contribution in [0, 0.1) is 6.92 Å². The summed E-state index contributed by atoms with van der Waals surface area (Å²) >= 11 is 0.589. The van der Waals surface area contributed by atoms with E-state index in [2.05, 4.69) is 10.3 Å². The van der Waals surface area contributed by atoms with E-state index in [-0.39, 0.29) is 11.4 Å². The Bertz CT molecular complexity index is 652. The Morgan fingerprint density at radius 3 is 2.75 bits per heavy atom. The van der Waals surface area contributed by atoms with Gasteiger partial charge in [-0.15, -0.1) is 11.3 Å². The summed E-state index contributed by atoms with van der Waals surface area (Å²) in [5.74, 6) is -1.18. The highest BCUT2D eigenvalue weighted by molar-refractivity contribution is 7.12. The zero-order valence-corrected chi connectivity index (χ0v) is 11.0. The predicted octanol–water partition coefficient (Wildman–Crippen LogP) is 3.43. The van der Waals surface area contributed by atoms with E-state index in [0.717, 1.165) is 11.1 Å². The average Bonchev–Trinajstić information content (AvgIpc) is 2.82. The lowest BCUT2D eigenvalue weighted by molar-refractivity contribution is -0.141. The number of phenols is 1. The Morgan fingerprint density at radius 2 is 2.10 bits per heavy atom. The quantitative estimate of drug-likeness (QED) is 0.835. The highest BCUT2D eigenvalue weighted by Gasteiger charge is 2.38. The molecule has 0 atom stereocenters. The number of anilines is 1. The lowest BCUT2D eigenvalue weighted by atomic mass is 10.2. The van der Waals surface area contributed by atoms with Gasteiger partial charge in [-0.25, -0.2) is 4.98 Å². The van der Waals surface area contributed by atoms with Crippen molar-refractivity contribution in [3.63, 3.8) is 0 Å². The second-order valence-electron chi connectivity index (χ2n) is 4.00. The third kappa shape index (κ3) is 2.90. The summed E-state index contributed by atoms with van der Waals surface area (Å²) in [6.07, 6.45) is -4.69. The number of benzene rings is 1. The molecular formula is C12H9F3N2O2S. The van der Waals surface area contributed by atoms with Crippen LogP contribution >= 0.6 is 11.3 Å². The van der Waals surface area contributed by atoms with Crippen molar-refractivity contribution in [3.8, 4) is 5.75 Å². The summed E-state index contributed by atoms with van der Waals surface area (Å²) in [4.78, 5) is 14.5. The van der Waals surface area contributed by atoms with E-state index in [1.807, 2.05) is 0 Å². The highest BCUT2D eigenvalue weighted by atomic mass is 32.1. The van der Waals surface area contributed by atoms with Crippen LogP contribution in [0.2, 0.25) is 0 Å². The van der Waals surface area contributed by atoms with Crippen molar-refractivity contribution < 1.29 is 23.1 Å². The largest absolute Gasteiger partial charge is 0.506 e. The van der Waals surface area contributed by atoms with Gasteiger partial charge >= 0.3 is 6.18 Å². The van der Waals surface area contributed by atoms with Crippen LogP contribution in [0.1, 0.15) is 20.9 Å². The summed E-state index contributed by atoms with van der Waals surface area (Å²) < 4.78 is 37.9. The van der Waals surface area contributed by atoms with Crippen LogP contribution in [0.5, 0.6) is 5.75 Å². The van der Waals surface area contributed by atoms with E-state index in [4.69, 9.17) is 0 Å². The van der Waals surface area contributed by atoms with Gasteiger partial charge in [0.2, 0.25) is 0 Å². The number of nitrogens with one attached hydrogen (secondary N) is 1. The molecule has 0 aliphatic carbocycles. The van der Waals surface area contributed by atoms with Crippen molar-refractivity contribution in [2.75, 3.05) is 5.32 Å². The zero-order valence-electron chi connectivity index (χ0n) is 10.2. The molecule has 20 heavy (non-hydrogen) atoms. The van der Waals surface area contributed by atoms with Gasteiger partial charge in [-0.3, -0.25) is 4.79 Å². The van der Waals surface area contributed by atoms with E-state index in [0.29, 0.717) is 11.3 Å². The Kier molecular flexibility index (Phi) is 3.67. The first-order chi connectivity index (χ1) is 9.29. The number of hydrogen-bond donors (Lipinski definition) is 2. The Hall–Kier alpha value is -2.09. The fraction of sp³-hybridized carbons (Fsp3) is 0.167. The van der Waals surface area contributed by atoms with Gasteiger partial charge in [0, 0.05) is 0 Å². The van der Waals surface area contributed by atoms with E-state index in [1.54, 1.807) is 13.0 Å². The molecule has 2 N–H and O–H groups in total. The Labute approximate surface area is 115 Å². The van der Waals surface area contributed by atoms with Crippen molar-refractivity contribution in [1.82, 2.24) is 4.98 Å². The van der Waals surface area contributed by atoms with Gasteiger partial charge < -0.3 is 10.4 Å². The van der Waals surface area contributed by atoms with Crippen molar-refractivity contribution in [2.24, 2.45) is 0 Å². The monoisotopic (exact) mass is 302 g/mol. The maximum absolute atomic E-state index is 12.6. The number of halogens is 3. The molecule has 2 aromatic rings. The first-order valence-corrected chi connectivity index (χ1v) is 6.28. The van der Waals surface area contributed by atoms with Crippen molar-refractivity contribution in [3.05, 3.63) is 39.8 Å². The number of alkyl halides is 3. The van der Waals surface area contributed by atoms with E-state index in [9.17, 15) is 23.1 Å². The number of carbonyl (C=O) groups excluding carboxylic acids is 1. The van der Waals surface area contributed by atoms with Gasteiger partial charge in [0.25, 0.3) is 5.91 Å². The molecule has 8 heteroatoms. The molecule has 0 aliphatic rings. The molecule has 0 saturated heterocycles. The van der Waals surface area contributed by atoms with Crippen LogP contribution in [0.15, 0.2) is 23.7 Å². The van der Waals surface area contributed by atoms with Crippen molar-refractivity contribution in [2.45, 2.75) is 13.1 Å². The molecule has 0 saturated carbocycles. The highest BCUT2D eigenvalue weighted by Crippen LogP contribution is 2.33. The fourth-order valence-corrected chi connectivity index (χ4v) is 2.24. The molecule has 106 valence electrons. The number of amides is 1. The number of aromatic nitrogens is 1. The number of rotatable bonds is 2. The van der Waals surface area contributed by atoms with Crippen LogP contribution < -0.4 is 5.32 Å². The summed E-state index contributed by atoms with van der Waals surface area (Å²) in [6, 6.07) is 4.42. The van der Waals surface area contributed by atoms with Crippen molar-refractivity contribution in [1.29, 1.82) is 0 Å². The molecule has 1 aromatic heterocycles. The van der Waals surface area contributed by atoms with E-state index >= 15 is 0 Å². The van der Waals surface area contributed by atoms with Gasteiger partial charge in [0.05, 0.1) is 11.2 Å². The van der Waals surface area contributed by atoms with Crippen LogP contribution in [0.25, 0.3) is 0 Å². The third-order valence-electron chi connectivity index (χ3n) is 2.44. The van der Waals surface area contributed by atoms with Gasteiger partial charge in [-0.2, -0.15) is 13.2 Å². The lowest BCUT2D eigenvalue weighted by Crippen LogP contribution is -2.17. The summed E-state index contributed by atoms with van der Waals surface area (Å²) in [5, 5.41) is 11.8. The zero-order chi connectivity index (χ0) is 14.9. The summed E-state index contributed by atoms with van der Waals surface area (Å²) in [5.41, 5.74) is 0.524. The fourth-order valence-electron chi connectivity index (χ4n) is 1.54. The topological polar surface area (TPSA) is 62.2 Å². The maximum atomic E-state index is 12.6. The summed E-state index contributed by atoms with van der Waals surface area (Å²) in [7, 11) is 0. The van der Waals surface area contributed by atoms with Gasteiger partial charge in [-0.1, -0.05) is 6.07 Å². The molecule has 2 rings (SSSR count). The normalized spacial score (nSPS) is 11.4. The lowest BCUT2D eigenvalue weighted by Gasteiger charge is -2.09. The molecule has 0 unspecified atom stereocenters. The van der Waals surface area contributed by atoms with Crippen LogP contribution in [-0.4, -0.2) is 16.0 Å². The molecule has 0 bridgehead atoms. The number of aromatic hydroxyl groups is 1. The second kappa shape index (κ2) is 5.12. The minimum Gasteiger partial charge on any atom is -0.506 e. The molecule has 4 nitrogen and oxygen atoms in total. The van der Waals surface area contributed by atoms with Crippen LogP contribution in [0.3, 0.4) is 0 Å². The smallest absolute Gasteiger partial charge is 0.434 e. The first-order valence-electron chi connectivity index (χ1n) is 5.40. The molecule has 0 radical (unpaired) electrons. The van der Waals surface area contributed by atoms with Gasteiger partial charge in [0.1, 0.15) is 10.6 Å². The molecule has 1 aromatic carbocycles. The van der Waals surface area contributed by atoms with Crippen LogP contribution in [0.4, 0.5) is 18.9 Å². The number of carbonyl (C=O) groups is 1. The number of hydrogen-bond acceptors (Lipinski definition) is 4. The molecule has 0 fully saturated rings. The first kappa shape index (κ1) is 14.3.